The van der Waals surface area contributed by atoms with Crippen LogP contribution >= 0.6 is 0 Å². The molecule has 7 heteroatoms. The summed E-state index contributed by atoms with van der Waals surface area (Å²) in [6, 6.07) is -0.964. The molecule has 2 atom stereocenters. The van der Waals surface area contributed by atoms with Crippen LogP contribution in [0, 0.1) is 5.41 Å². The molecule has 2 heterocycles. The fraction of sp³-hybridized carbons (Fsp3) is 0.714. The van der Waals surface area contributed by atoms with Crippen LogP contribution in [0.3, 0.4) is 0 Å². The molecule has 0 saturated carbocycles. The minimum Gasteiger partial charge on any atom is -0.342 e. The topological polar surface area (TPSA) is 80.1 Å². The van der Waals surface area contributed by atoms with Gasteiger partial charge in [-0.2, -0.15) is 5.10 Å². The van der Waals surface area contributed by atoms with Gasteiger partial charge in [-0.3, -0.25) is 14.3 Å². The lowest BCUT2D eigenvalue weighted by Gasteiger charge is -2.42. The van der Waals surface area contributed by atoms with E-state index in [1.807, 2.05) is 27.7 Å². The number of carbonyl (C=O) groups excluding carboxylic acids is 2. The average molecular weight is 293 g/mol. The molecule has 0 spiro atoms. The van der Waals surface area contributed by atoms with E-state index in [1.54, 1.807) is 16.6 Å². The van der Waals surface area contributed by atoms with Gasteiger partial charge in [0.25, 0.3) is 0 Å². The number of rotatable bonds is 3. The number of nitrogens with one attached hydrogen (secondary N) is 1. The molecule has 1 aromatic heterocycles. The zero-order valence-corrected chi connectivity index (χ0v) is 13.3. The van der Waals surface area contributed by atoms with Gasteiger partial charge in [0, 0.05) is 7.05 Å². The fourth-order valence-electron chi connectivity index (χ4n) is 2.56. The van der Waals surface area contributed by atoms with Gasteiger partial charge in [0.05, 0.1) is 6.54 Å². The van der Waals surface area contributed by atoms with Crippen molar-refractivity contribution in [1.29, 1.82) is 0 Å². The van der Waals surface area contributed by atoms with Gasteiger partial charge in [-0.15, -0.1) is 0 Å². The Morgan fingerprint density at radius 3 is 2.48 bits per heavy atom. The van der Waals surface area contributed by atoms with Gasteiger partial charge in [0.15, 0.2) is 0 Å². The summed E-state index contributed by atoms with van der Waals surface area (Å²) in [7, 11) is 1.78. The largest absolute Gasteiger partial charge is 0.342 e. The molecular weight excluding hydrogens is 270 g/mol. The lowest BCUT2D eigenvalue weighted by Crippen LogP contribution is -2.66. The Morgan fingerprint density at radius 1 is 1.33 bits per heavy atom. The monoisotopic (exact) mass is 293 g/mol. The molecule has 7 nitrogen and oxygen atoms in total. The molecule has 21 heavy (non-hydrogen) atoms. The normalized spacial score (nSPS) is 23.4. The third kappa shape index (κ3) is 2.91. The Hall–Kier alpha value is -1.92. The number of piperazine rings is 1. The molecule has 1 aliphatic heterocycles. The van der Waals surface area contributed by atoms with Crippen molar-refractivity contribution < 1.29 is 9.59 Å². The predicted octanol–water partition coefficient (Wildman–Crippen LogP) is 0.467. The first kappa shape index (κ1) is 15.5. The van der Waals surface area contributed by atoms with Crippen molar-refractivity contribution in [3.63, 3.8) is 0 Å². The van der Waals surface area contributed by atoms with Gasteiger partial charge in [0.1, 0.15) is 24.2 Å². The lowest BCUT2D eigenvalue weighted by atomic mass is 9.83. The second kappa shape index (κ2) is 5.46. The Kier molecular flexibility index (Phi) is 4.02. The second-order valence-electron chi connectivity index (χ2n) is 6.50. The maximum atomic E-state index is 12.8. The molecule has 0 aromatic carbocycles. The summed E-state index contributed by atoms with van der Waals surface area (Å²) in [4.78, 5) is 30.9. The van der Waals surface area contributed by atoms with E-state index in [4.69, 9.17) is 0 Å². The Labute approximate surface area is 124 Å². The van der Waals surface area contributed by atoms with Crippen LogP contribution in [-0.4, -0.2) is 43.6 Å². The third-order valence-corrected chi connectivity index (χ3v) is 3.87. The molecule has 116 valence electrons. The first-order valence-corrected chi connectivity index (χ1v) is 7.19. The van der Waals surface area contributed by atoms with Crippen molar-refractivity contribution in [1.82, 2.24) is 25.0 Å². The van der Waals surface area contributed by atoms with Crippen LogP contribution in [0.15, 0.2) is 6.33 Å². The molecule has 2 amide bonds. The van der Waals surface area contributed by atoms with Gasteiger partial charge in [-0.1, -0.05) is 27.7 Å². The Morgan fingerprint density at radius 2 is 2.00 bits per heavy atom. The zero-order chi connectivity index (χ0) is 15.8. The molecule has 2 rings (SSSR count). The second-order valence-corrected chi connectivity index (χ2v) is 6.50. The molecule has 1 saturated heterocycles. The average Bonchev–Trinajstić information content (AvgIpc) is 2.78. The summed E-state index contributed by atoms with van der Waals surface area (Å²) in [5, 5.41) is 6.87. The maximum absolute atomic E-state index is 12.8. The lowest BCUT2D eigenvalue weighted by molar-refractivity contribution is -0.153. The van der Waals surface area contributed by atoms with E-state index >= 15 is 0 Å². The molecule has 1 fully saturated rings. The van der Waals surface area contributed by atoms with Crippen molar-refractivity contribution in [2.45, 2.75) is 52.7 Å². The molecule has 0 radical (unpaired) electrons. The fourth-order valence-corrected chi connectivity index (χ4v) is 2.56. The molecule has 1 aromatic rings. The molecule has 1 aliphatic rings. The van der Waals surface area contributed by atoms with E-state index in [0.29, 0.717) is 18.8 Å². The van der Waals surface area contributed by atoms with Crippen LogP contribution in [-0.2, 0) is 23.2 Å². The molecule has 2 unspecified atom stereocenters. The summed E-state index contributed by atoms with van der Waals surface area (Å²) in [5.74, 6) is 0.514. The van der Waals surface area contributed by atoms with Gasteiger partial charge in [-0.25, -0.2) is 4.98 Å². The van der Waals surface area contributed by atoms with Gasteiger partial charge >= 0.3 is 0 Å². The number of aryl methyl sites for hydroxylation is 1. The summed E-state index contributed by atoms with van der Waals surface area (Å²) in [5.41, 5.74) is -0.330. The minimum absolute atomic E-state index is 0.0584. The van der Waals surface area contributed by atoms with E-state index in [-0.39, 0.29) is 17.2 Å². The van der Waals surface area contributed by atoms with E-state index in [2.05, 4.69) is 15.4 Å². The molecule has 0 bridgehead atoms. The number of amides is 2. The first-order valence-electron chi connectivity index (χ1n) is 7.19. The molecule has 1 N–H and O–H groups in total. The van der Waals surface area contributed by atoms with Crippen LogP contribution in [0.1, 0.15) is 39.9 Å². The predicted molar refractivity (Wildman–Crippen MR) is 77.0 cm³/mol. The van der Waals surface area contributed by atoms with Crippen LogP contribution in [0.5, 0.6) is 0 Å². The van der Waals surface area contributed by atoms with Crippen LogP contribution in [0.2, 0.25) is 0 Å². The van der Waals surface area contributed by atoms with Crippen LogP contribution < -0.4 is 5.32 Å². The zero-order valence-electron chi connectivity index (χ0n) is 13.3. The summed E-state index contributed by atoms with van der Waals surface area (Å²) in [6.45, 7) is 8.04. The van der Waals surface area contributed by atoms with Gasteiger partial charge in [0.2, 0.25) is 11.8 Å². The highest BCUT2D eigenvalue weighted by atomic mass is 16.2. The SMILES string of the molecule is CCC1C(=O)NC(C(C)(C)C)C(=O)N1Cc1ncnn1C. The standard InChI is InChI=1S/C14H23N5O2/c1-6-9-12(20)17-11(14(2,3)4)13(21)19(9)7-10-15-8-16-18(10)5/h8-9,11H,6-7H2,1-5H3,(H,17,20). The van der Waals surface area contributed by atoms with E-state index in [9.17, 15) is 9.59 Å². The van der Waals surface area contributed by atoms with Gasteiger partial charge in [-0.05, 0) is 11.8 Å². The summed E-state index contributed by atoms with van der Waals surface area (Å²) >= 11 is 0. The van der Waals surface area contributed by atoms with Crippen molar-refractivity contribution in [2.24, 2.45) is 12.5 Å². The Balaban J connectivity index is 2.31. The quantitative estimate of drug-likeness (QED) is 0.878. The van der Waals surface area contributed by atoms with Crippen molar-refractivity contribution in [3.8, 4) is 0 Å². The van der Waals surface area contributed by atoms with Crippen LogP contribution in [0.4, 0.5) is 0 Å². The highest BCUT2D eigenvalue weighted by molar-refractivity contribution is 5.97. The highest BCUT2D eigenvalue weighted by Crippen LogP contribution is 2.26. The number of aromatic nitrogens is 3. The number of hydrogen-bond acceptors (Lipinski definition) is 4. The summed E-state index contributed by atoms with van der Waals surface area (Å²) < 4.78 is 1.62. The van der Waals surface area contributed by atoms with E-state index < -0.39 is 12.1 Å². The Bertz CT molecular complexity index is 546. The smallest absolute Gasteiger partial charge is 0.246 e. The van der Waals surface area contributed by atoms with Gasteiger partial charge < -0.3 is 10.2 Å². The maximum Gasteiger partial charge on any atom is 0.246 e. The molecule has 0 aliphatic carbocycles. The van der Waals surface area contributed by atoms with E-state index in [0.717, 1.165) is 0 Å². The highest BCUT2D eigenvalue weighted by Gasteiger charge is 2.44. The van der Waals surface area contributed by atoms with E-state index in [1.165, 1.54) is 6.33 Å². The van der Waals surface area contributed by atoms with Crippen molar-refractivity contribution in [3.05, 3.63) is 12.2 Å². The summed E-state index contributed by atoms with van der Waals surface area (Å²) in [6.07, 6.45) is 2.03. The number of nitrogens with zero attached hydrogens (tertiary/aromatic N) is 4. The first-order chi connectivity index (χ1) is 9.75. The third-order valence-electron chi connectivity index (χ3n) is 3.87. The van der Waals surface area contributed by atoms with Crippen molar-refractivity contribution in [2.75, 3.05) is 0 Å². The number of carbonyl (C=O) groups is 2. The number of hydrogen-bond donors (Lipinski definition) is 1. The van der Waals surface area contributed by atoms with Crippen LogP contribution in [0.25, 0.3) is 0 Å². The minimum atomic E-state index is -0.513. The molecular formula is C14H23N5O2. The van der Waals surface area contributed by atoms with Crippen molar-refractivity contribution >= 4 is 11.8 Å².